The van der Waals surface area contributed by atoms with Gasteiger partial charge in [0.1, 0.15) is 9.21 Å². The SMILES string of the molecule is Cc1c(-c2ccccn2)cc(Br)nc1Br. The normalized spacial score (nSPS) is 10.3. The van der Waals surface area contributed by atoms with E-state index in [0.717, 1.165) is 26.0 Å². The summed E-state index contributed by atoms with van der Waals surface area (Å²) in [7, 11) is 0. The van der Waals surface area contributed by atoms with Gasteiger partial charge in [-0.15, -0.1) is 0 Å². The van der Waals surface area contributed by atoms with Gasteiger partial charge in [0.25, 0.3) is 0 Å². The molecule has 0 amide bonds. The molecule has 0 aliphatic rings. The summed E-state index contributed by atoms with van der Waals surface area (Å²) in [5.41, 5.74) is 3.14. The molecule has 0 radical (unpaired) electrons. The maximum Gasteiger partial charge on any atom is 0.111 e. The third-order valence-electron chi connectivity index (χ3n) is 2.12. The molecule has 0 aliphatic heterocycles. The highest BCUT2D eigenvalue weighted by molar-refractivity contribution is 9.11. The van der Waals surface area contributed by atoms with E-state index in [1.807, 2.05) is 31.2 Å². The molecule has 0 saturated carbocycles. The highest BCUT2D eigenvalue weighted by atomic mass is 79.9. The lowest BCUT2D eigenvalue weighted by Gasteiger charge is -2.07. The Morgan fingerprint density at radius 2 is 2.00 bits per heavy atom. The lowest BCUT2D eigenvalue weighted by Crippen LogP contribution is -1.90. The quantitative estimate of drug-likeness (QED) is 0.740. The van der Waals surface area contributed by atoms with E-state index in [1.165, 1.54) is 0 Å². The van der Waals surface area contributed by atoms with Crippen molar-refractivity contribution in [2.75, 3.05) is 0 Å². The number of pyridine rings is 2. The second-order valence-corrected chi connectivity index (χ2v) is 4.69. The Kier molecular flexibility index (Phi) is 3.17. The Balaban J connectivity index is 2.63. The summed E-state index contributed by atoms with van der Waals surface area (Å²) >= 11 is 6.80. The molecule has 2 heterocycles. The molecule has 15 heavy (non-hydrogen) atoms. The summed E-state index contributed by atoms with van der Waals surface area (Å²) in [4.78, 5) is 8.59. The number of aromatic nitrogens is 2. The molecule has 0 aliphatic carbocycles. The van der Waals surface area contributed by atoms with Crippen LogP contribution in [0.5, 0.6) is 0 Å². The minimum Gasteiger partial charge on any atom is -0.256 e. The van der Waals surface area contributed by atoms with E-state index in [9.17, 15) is 0 Å². The third-order valence-corrected chi connectivity index (χ3v) is 3.30. The molecular formula is C11H8Br2N2. The van der Waals surface area contributed by atoms with Crippen molar-refractivity contribution >= 4 is 31.9 Å². The minimum absolute atomic E-state index is 0.806. The Bertz CT molecular complexity index is 483. The maximum absolute atomic E-state index is 4.32. The van der Waals surface area contributed by atoms with Crippen LogP contribution in [0, 0.1) is 6.92 Å². The summed E-state index contributed by atoms with van der Waals surface area (Å²) in [6.45, 7) is 2.02. The van der Waals surface area contributed by atoms with Crippen molar-refractivity contribution in [1.82, 2.24) is 9.97 Å². The van der Waals surface area contributed by atoms with Crippen molar-refractivity contribution in [3.63, 3.8) is 0 Å². The molecule has 0 N–H and O–H groups in total. The van der Waals surface area contributed by atoms with E-state index in [4.69, 9.17) is 0 Å². The van der Waals surface area contributed by atoms with Crippen LogP contribution in [0.2, 0.25) is 0 Å². The van der Waals surface area contributed by atoms with Crippen LogP contribution in [0.15, 0.2) is 39.7 Å². The zero-order valence-corrected chi connectivity index (χ0v) is 11.2. The predicted molar refractivity (Wildman–Crippen MR) is 67.6 cm³/mol. The average molecular weight is 328 g/mol. The van der Waals surface area contributed by atoms with Gasteiger partial charge in [-0.1, -0.05) is 6.07 Å². The molecular weight excluding hydrogens is 320 g/mol. The molecule has 0 bridgehead atoms. The van der Waals surface area contributed by atoms with Gasteiger partial charge in [-0.25, -0.2) is 4.98 Å². The van der Waals surface area contributed by atoms with Gasteiger partial charge in [0, 0.05) is 11.8 Å². The van der Waals surface area contributed by atoms with E-state index in [0.29, 0.717) is 0 Å². The second kappa shape index (κ2) is 4.41. The predicted octanol–water partition coefficient (Wildman–Crippen LogP) is 3.98. The number of hydrogen-bond acceptors (Lipinski definition) is 2. The van der Waals surface area contributed by atoms with E-state index in [2.05, 4.69) is 41.8 Å². The maximum atomic E-state index is 4.32. The lowest BCUT2D eigenvalue weighted by molar-refractivity contribution is 1.17. The first kappa shape index (κ1) is 10.8. The van der Waals surface area contributed by atoms with Gasteiger partial charge in [-0.05, 0) is 62.5 Å². The van der Waals surface area contributed by atoms with Crippen LogP contribution in [0.25, 0.3) is 11.3 Å². The number of nitrogens with zero attached hydrogens (tertiary/aromatic N) is 2. The highest BCUT2D eigenvalue weighted by Gasteiger charge is 2.08. The fraction of sp³-hybridized carbons (Fsp3) is 0.0909. The minimum atomic E-state index is 0.806. The second-order valence-electron chi connectivity index (χ2n) is 3.12. The van der Waals surface area contributed by atoms with Gasteiger partial charge in [-0.2, -0.15) is 0 Å². The van der Waals surface area contributed by atoms with Crippen LogP contribution in [0.3, 0.4) is 0 Å². The number of hydrogen-bond donors (Lipinski definition) is 0. The zero-order chi connectivity index (χ0) is 10.8. The van der Waals surface area contributed by atoms with Crippen molar-refractivity contribution in [2.24, 2.45) is 0 Å². The zero-order valence-electron chi connectivity index (χ0n) is 8.04. The number of halogens is 2. The Morgan fingerprint density at radius 3 is 2.67 bits per heavy atom. The molecule has 0 aromatic carbocycles. The Labute approximate surface area is 105 Å². The van der Waals surface area contributed by atoms with Gasteiger partial charge in [-0.3, -0.25) is 4.98 Å². The van der Waals surface area contributed by atoms with E-state index in [-0.39, 0.29) is 0 Å². The topological polar surface area (TPSA) is 25.8 Å². The van der Waals surface area contributed by atoms with Crippen molar-refractivity contribution < 1.29 is 0 Å². The molecule has 0 saturated heterocycles. The van der Waals surface area contributed by atoms with E-state index < -0.39 is 0 Å². The van der Waals surface area contributed by atoms with Gasteiger partial charge in [0.2, 0.25) is 0 Å². The Morgan fingerprint density at radius 1 is 1.20 bits per heavy atom. The third kappa shape index (κ3) is 2.26. The van der Waals surface area contributed by atoms with Crippen LogP contribution < -0.4 is 0 Å². The molecule has 76 valence electrons. The van der Waals surface area contributed by atoms with E-state index >= 15 is 0 Å². The van der Waals surface area contributed by atoms with Crippen LogP contribution >= 0.6 is 31.9 Å². The standard InChI is InChI=1S/C11H8Br2N2/c1-7-8(6-10(12)15-11(7)13)9-4-2-3-5-14-9/h2-6H,1H3. The molecule has 2 aromatic heterocycles. The summed E-state index contributed by atoms with van der Waals surface area (Å²) < 4.78 is 1.65. The molecule has 2 nitrogen and oxygen atoms in total. The molecule has 0 spiro atoms. The van der Waals surface area contributed by atoms with Gasteiger partial charge >= 0.3 is 0 Å². The smallest absolute Gasteiger partial charge is 0.111 e. The average Bonchev–Trinajstić information content (AvgIpc) is 2.24. The molecule has 2 aromatic rings. The molecule has 0 fully saturated rings. The summed E-state index contributed by atoms with van der Waals surface area (Å²) in [6, 6.07) is 7.85. The summed E-state index contributed by atoms with van der Waals surface area (Å²) in [6.07, 6.45) is 1.79. The Hall–Kier alpha value is -0.740. The molecule has 0 atom stereocenters. The van der Waals surface area contributed by atoms with Crippen LogP contribution in [-0.4, -0.2) is 9.97 Å². The summed E-state index contributed by atoms with van der Waals surface area (Å²) in [5, 5.41) is 0. The fourth-order valence-corrected chi connectivity index (χ4v) is 2.39. The fourth-order valence-electron chi connectivity index (χ4n) is 1.34. The molecule has 4 heteroatoms. The molecule has 0 unspecified atom stereocenters. The van der Waals surface area contributed by atoms with Crippen molar-refractivity contribution in [3.05, 3.63) is 45.2 Å². The first-order chi connectivity index (χ1) is 7.18. The van der Waals surface area contributed by atoms with Crippen LogP contribution in [-0.2, 0) is 0 Å². The van der Waals surface area contributed by atoms with E-state index in [1.54, 1.807) is 6.20 Å². The lowest BCUT2D eigenvalue weighted by atomic mass is 10.1. The van der Waals surface area contributed by atoms with Crippen LogP contribution in [0.1, 0.15) is 5.56 Å². The van der Waals surface area contributed by atoms with Crippen molar-refractivity contribution in [3.8, 4) is 11.3 Å². The largest absolute Gasteiger partial charge is 0.256 e. The summed E-state index contributed by atoms with van der Waals surface area (Å²) in [5.74, 6) is 0. The van der Waals surface area contributed by atoms with Gasteiger partial charge in [0.05, 0.1) is 5.69 Å². The van der Waals surface area contributed by atoms with Crippen molar-refractivity contribution in [1.29, 1.82) is 0 Å². The van der Waals surface area contributed by atoms with Crippen LogP contribution in [0.4, 0.5) is 0 Å². The highest BCUT2D eigenvalue weighted by Crippen LogP contribution is 2.28. The van der Waals surface area contributed by atoms with Gasteiger partial charge in [0.15, 0.2) is 0 Å². The monoisotopic (exact) mass is 326 g/mol. The molecule has 2 rings (SSSR count). The van der Waals surface area contributed by atoms with Crippen molar-refractivity contribution in [2.45, 2.75) is 6.92 Å². The van der Waals surface area contributed by atoms with Gasteiger partial charge < -0.3 is 0 Å². The number of rotatable bonds is 1. The first-order valence-electron chi connectivity index (χ1n) is 4.42. The first-order valence-corrected chi connectivity index (χ1v) is 6.01.